The minimum Gasteiger partial charge on any atom is -0.505 e. The number of aromatic hydroxyl groups is 1. The first-order valence-corrected chi connectivity index (χ1v) is 31.5. The van der Waals surface area contributed by atoms with Gasteiger partial charge in [-0.05, 0) is 152 Å². The number of hydroxylamine groups is 2. The zero-order chi connectivity index (χ0) is 70.1. The summed E-state index contributed by atoms with van der Waals surface area (Å²) < 4.78 is 37.3. The molecule has 99 heavy (non-hydrogen) atoms. The van der Waals surface area contributed by atoms with E-state index in [4.69, 9.17) is 108 Å². The number of carbonyl (C=O) groups is 3. The maximum Gasteiger partial charge on any atom is 0.375 e. The van der Waals surface area contributed by atoms with Crippen LogP contribution >= 0.6 is 69.6 Å². The second-order valence-electron chi connectivity index (χ2n) is 20.3. The molecule has 0 spiro atoms. The topological polar surface area (TPSA) is 275 Å². The van der Waals surface area contributed by atoms with Crippen LogP contribution in [0.3, 0.4) is 0 Å². The highest BCUT2D eigenvalue weighted by Gasteiger charge is 2.25. The summed E-state index contributed by atoms with van der Waals surface area (Å²) in [5.41, 5.74) is 3.87. The maximum atomic E-state index is 13.1. The fourth-order valence-corrected chi connectivity index (χ4v) is 10.4. The Morgan fingerprint density at radius 2 is 0.798 bits per heavy atom. The van der Waals surface area contributed by atoms with Crippen molar-refractivity contribution in [3.05, 3.63) is 272 Å². The number of amides is 2. The third-order valence-corrected chi connectivity index (χ3v) is 15.3. The van der Waals surface area contributed by atoms with Crippen LogP contribution in [-0.4, -0.2) is 98.3 Å². The van der Waals surface area contributed by atoms with Gasteiger partial charge in [0.1, 0.15) is 66.7 Å². The van der Waals surface area contributed by atoms with Crippen molar-refractivity contribution in [1.29, 1.82) is 0 Å². The molecule has 3 heterocycles. The number of aromatic carboxylic acids is 1. The number of phenols is 1. The van der Waals surface area contributed by atoms with Crippen molar-refractivity contribution in [1.82, 2.24) is 44.3 Å². The molecule has 0 unspecified atom stereocenters. The van der Waals surface area contributed by atoms with Crippen molar-refractivity contribution in [2.45, 2.75) is 20.1 Å². The molecule has 0 radical (unpaired) electrons. The van der Waals surface area contributed by atoms with Crippen LogP contribution in [0.5, 0.6) is 51.7 Å². The predicted molar refractivity (Wildman–Crippen MR) is 372 cm³/mol. The monoisotopic (exact) mass is 1460 g/mol. The summed E-state index contributed by atoms with van der Waals surface area (Å²) in [7, 11) is 3.20. The van der Waals surface area contributed by atoms with E-state index in [-0.39, 0.29) is 80.3 Å². The highest BCUT2D eigenvalue weighted by atomic mass is 35.5. The molecular formula is C69H55Cl6N11O13. The summed E-state index contributed by atoms with van der Waals surface area (Å²) in [6.45, 7) is 2.53. The average molecular weight is 1460 g/mol. The van der Waals surface area contributed by atoms with Crippen LogP contribution in [0.2, 0.25) is 30.1 Å². The summed E-state index contributed by atoms with van der Waals surface area (Å²) >= 11 is 37.4. The minimum absolute atomic E-state index is 0. The van der Waals surface area contributed by atoms with E-state index in [0.29, 0.717) is 62.3 Å². The molecule has 0 saturated carbocycles. The molecule has 0 aliphatic rings. The number of hydrogen-bond acceptors (Lipinski definition) is 18. The number of carboxylic acids is 1. The van der Waals surface area contributed by atoms with Gasteiger partial charge in [-0.2, -0.15) is 10.1 Å². The number of hydrogen-bond donors (Lipinski definition) is 3. The molecule has 0 aliphatic carbocycles. The number of carbonyl (C=O) groups excluding carboxylic acids is 2. The van der Waals surface area contributed by atoms with Gasteiger partial charge in [-0.15, -0.1) is 15.3 Å². The van der Waals surface area contributed by atoms with Gasteiger partial charge in [0.2, 0.25) is 11.6 Å². The van der Waals surface area contributed by atoms with E-state index < -0.39 is 17.8 Å². The highest BCUT2D eigenvalue weighted by molar-refractivity contribution is 6.38. The smallest absolute Gasteiger partial charge is 0.375 e. The molecule has 0 aliphatic heterocycles. The summed E-state index contributed by atoms with van der Waals surface area (Å²) in [6.07, 6.45) is 3.92. The summed E-state index contributed by atoms with van der Waals surface area (Å²) in [6, 6.07) is 55.8. The van der Waals surface area contributed by atoms with E-state index in [1.165, 1.54) is 57.3 Å². The van der Waals surface area contributed by atoms with Gasteiger partial charge in [0.15, 0.2) is 17.2 Å². The van der Waals surface area contributed by atoms with E-state index in [9.17, 15) is 24.7 Å². The SMILES string of the molecule is CCON(C(=O)c1ncn(-c2cc(Cl)c(O)c(Cl)c2)n1)c1ccc(Oc2ccccc2)cc1.COc1ccc(COc2c(Cl)cc(-n3cnc(C(=O)N(O)c4ccc(Oc5ccccc5)cc4)n3)cc2Cl)cc1.COc1ccc(COc2c(Cl)cc(-n3cnc(C(=O)O)n3)cc2Cl)cc1.[2HH]. The number of para-hydroxylation sites is 2. The lowest BCUT2D eigenvalue weighted by atomic mass is 10.2. The normalized spacial score (nSPS) is 10.7. The lowest BCUT2D eigenvalue weighted by Gasteiger charge is -2.20. The van der Waals surface area contributed by atoms with E-state index in [2.05, 4.69) is 30.2 Å². The highest BCUT2D eigenvalue weighted by Crippen LogP contribution is 2.39. The fourth-order valence-electron chi connectivity index (χ4n) is 8.77. The van der Waals surface area contributed by atoms with Gasteiger partial charge < -0.3 is 38.6 Å². The molecule has 0 atom stereocenters. The zero-order valence-corrected chi connectivity index (χ0v) is 56.5. The fraction of sp³-hybridized carbons (Fsp3) is 0.0870. The third kappa shape index (κ3) is 18.4. The van der Waals surface area contributed by atoms with Crippen molar-refractivity contribution >= 4 is 98.8 Å². The molecule has 0 fully saturated rings. The van der Waals surface area contributed by atoms with Crippen molar-refractivity contribution in [2.24, 2.45) is 0 Å². The van der Waals surface area contributed by atoms with Crippen molar-refractivity contribution < 1.29 is 64.5 Å². The number of halogens is 6. The quantitative estimate of drug-likeness (QED) is 0.0420. The zero-order valence-electron chi connectivity index (χ0n) is 51.9. The van der Waals surface area contributed by atoms with Crippen LogP contribution in [0.25, 0.3) is 17.1 Å². The van der Waals surface area contributed by atoms with Gasteiger partial charge >= 0.3 is 17.8 Å². The second-order valence-corrected chi connectivity index (χ2v) is 22.7. The van der Waals surface area contributed by atoms with E-state index in [1.807, 2.05) is 109 Å². The van der Waals surface area contributed by atoms with E-state index in [1.54, 1.807) is 81.8 Å². The Morgan fingerprint density at radius 3 is 1.17 bits per heavy atom. The first kappa shape index (κ1) is 70.9. The molecule has 30 heteroatoms. The molecule has 12 rings (SSSR count). The lowest BCUT2D eigenvalue weighted by molar-refractivity contribution is 0.0667. The van der Waals surface area contributed by atoms with Crippen LogP contribution in [0.15, 0.2) is 213 Å². The van der Waals surface area contributed by atoms with Gasteiger partial charge in [-0.1, -0.05) is 130 Å². The average Bonchev–Trinajstić information content (AvgIpc) is 1.58. The number of nitrogens with zero attached hydrogens (tertiary/aromatic N) is 11. The lowest BCUT2D eigenvalue weighted by Crippen LogP contribution is -2.32. The molecule has 3 aromatic heterocycles. The van der Waals surface area contributed by atoms with Gasteiger partial charge in [0, 0.05) is 1.43 Å². The molecule has 12 aromatic rings. The van der Waals surface area contributed by atoms with Crippen molar-refractivity contribution in [3.63, 3.8) is 0 Å². The summed E-state index contributed by atoms with van der Waals surface area (Å²) in [5, 5.41) is 44.1. The molecule has 2 amide bonds. The number of aromatic nitrogens is 9. The maximum absolute atomic E-state index is 13.1. The van der Waals surface area contributed by atoms with Crippen LogP contribution in [0.1, 0.15) is 51.3 Å². The Kier molecular flexibility index (Phi) is 23.9. The molecule has 3 N–H and O–H groups in total. The largest absolute Gasteiger partial charge is 0.505 e. The number of rotatable bonds is 22. The number of carboxylic acid groups (broad SMARTS) is 1. The second kappa shape index (κ2) is 33.4. The number of anilines is 2. The van der Waals surface area contributed by atoms with Gasteiger partial charge in [0.05, 0.1) is 79.4 Å². The van der Waals surface area contributed by atoms with E-state index in [0.717, 1.165) is 27.7 Å². The van der Waals surface area contributed by atoms with Crippen molar-refractivity contribution in [3.8, 4) is 68.8 Å². The summed E-state index contributed by atoms with van der Waals surface area (Å²) in [5.74, 6) is 1.13. The van der Waals surface area contributed by atoms with Crippen molar-refractivity contribution in [2.75, 3.05) is 31.0 Å². The number of ether oxygens (including phenoxy) is 6. The molecule has 0 saturated heterocycles. The summed E-state index contributed by atoms with van der Waals surface area (Å²) in [4.78, 5) is 54.2. The molecule has 24 nitrogen and oxygen atoms in total. The van der Waals surface area contributed by atoms with Crippen LogP contribution < -0.4 is 38.5 Å². The van der Waals surface area contributed by atoms with Gasteiger partial charge in [0.25, 0.3) is 5.82 Å². The number of benzene rings is 9. The Hall–Kier alpha value is -10.9. The minimum atomic E-state index is -1.22. The Labute approximate surface area is 595 Å². The standard InChI is InChI=1S/C29H22Cl2N4O5.C23H18Cl2N4O4.C17H13Cl2N3O4.H2/c1-38-22-11-7-19(8-12-22)17-39-27-25(30)15-21(16-26(27)31)34-18-32-28(33-34)29(36)35(37)20-9-13-24(14-10-20)40-23-5-3-2-4-6-23;1-2-32-29(15-8-10-18(11-9-15)33-17-6-4-3-5-7-17)23(31)22-26-14-28(27-22)16-12-19(24)21(30)20(25)13-16;1-25-12-4-2-10(3-5-12)8-26-15-13(18)6-11(7-14(15)19)22-9-20-16(21-22)17(23)24;/h2-16,18,37H,17H2,1H3;3-14,30H,2H2,1H3;2-7,9H,8H2,1H3,(H,23,24);1H/i;;;1+1. The third-order valence-electron chi connectivity index (χ3n) is 13.6. The first-order valence-electron chi connectivity index (χ1n) is 29.2. The molecular weight excluding hydrogens is 1400 g/mol. The van der Waals surface area contributed by atoms with Crippen LogP contribution in [0.4, 0.5) is 11.4 Å². The number of methoxy groups -OCH3 is 2. The van der Waals surface area contributed by atoms with Gasteiger partial charge in [-0.3, -0.25) is 19.6 Å². The molecule has 9 aromatic carbocycles. The van der Waals surface area contributed by atoms with E-state index >= 15 is 0 Å². The molecule has 0 bridgehead atoms. The molecule has 506 valence electrons. The van der Waals surface area contributed by atoms with Crippen LogP contribution in [0, 0.1) is 0 Å². The Morgan fingerprint density at radius 1 is 0.455 bits per heavy atom. The Balaban J connectivity index is 0.000000178. The Bertz CT molecular complexity index is 4690. The number of phenolic OH excluding ortho intramolecular Hbond substituents is 1. The van der Waals surface area contributed by atoms with Gasteiger partial charge in [-0.25, -0.2) is 33.8 Å². The first-order chi connectivity index (χ1) is 47.8. The predicted octanol–water partition coefficient (Wildman–Crippen LogP) is 16.8. The van der Waals surface area contributed by atoms with Crippen LogP contribution in [-0.2, 0) is 18.1 Å².